The summed E-state index contributed by atoms with van der Waals surface area (Å²) >= 11 is 0. The monoisotopic (exact) mass is 309 g/mol. The number of carbonyl (C=O) groups is 2. The highest BCUT2D eigenvalue weighted by Crippen LogP contribution is 2.65. The molecule has 1 spiro atoms. The highest BCUT2D eigenvalue weighted by atomic mass is 16.5. The SMILES string of the molecule is COc1cccc(C2CC23C(=O)Nc2ccc(C(=O)O)cc23)c1. The quantitative estimate of drug-likeness (QED) is 0.914. The lowest BCUT2D eigenvalue weighted by molar-refractivity contribution is -0.118. The van der Waals surface area contributed by atoms with Crippen LogP contribution < -0.4 is 10.1 Å². The molecule has 116 valence electrons. The first-order chi connectivity index (χ1) is 11.1. The molecule has 2 aromatic rings. The number of hydrogen-bond acceptors (Lipinski definition) is 3. The lowest BCUT2D eigenvalue weighted by Crippen LogP contribution is -2.21. The summed E-state index contributed by atoms with van der Waals surface area (Å²) in [4.78, 5) is 23.8. The van der Waals surface area contributed by atoms with Gasteiger partial charge in [-0.25, -0.2) is 4.79 Å². The van der Waals surface area contributed by atoms with Gasteiger partial charge in [-0.2, -0.15) is 0 Å². The number of fused-ring (bicyclic) bond motifs is 2. The van der Waals surface area contributed by atoms with Crippen molar-refractivity contribution in [2.75, 3.05) is 12.4 Å². The average Bonchev–Trinajstić information content (AvgIpc) is 3.25. The number of ether oxygens (including phenoxy) is 1. The molecule has 1 aliphatic heterocycles. The van der Waals surface area contributed by atoms with Crippen LogP contribution in [0.25, 0.3) is 0 Å². The van der Waals surface area contributed by atoms with Gasteiger partial charge in [0.15, 0.2) is 0 Å². The minimum absolute atomic E-state index is 0.0443. The Labute approximate surface area is 132 Å². The van der Waals surface area contributed by atoms with Crippen molar-refractivity contribution >= 4 is 17.6 Å². The molecule has 0 bridgehead atoms. The first-order valence-corrected chi connectivity index (χ1v) is 7.39. The van der Waals surface area contributed by atoms with Gasteiger partial charge in [0.05, 0.1) is 18.1 Å². The maximum Gasteiger partial charge on any atom is 0.335 e. The summed E-state index contributed by atoms with van der Waals surface area (Å²) in [6, 6.07) is 12.5. The van der Waals surface area contributed by atoms with E-state index in [0.29, 0.717) is 12.1 Å². The number of hydrogen-bond donors (Lipinski definition) is 2. The van der Waals surface area contributed by atoms with E-state index >= 15 is 0 Å². The van der Waals surface area contributed by atoms with Gasteiger partial charge in [-0.1, -0.05) is 12.1 Å². The van der Waals surface area contributed by atoms with Crippen LogP contribution in [0.15, 0.2) is 42.5 Å². The molecule has 2 atom stereocenters. The Hall–Kier alpha value is -2.82. The van der Waals surface area contributed by atoms with Crippen LogP contribution in [0.2, 0.25) is 0 Å². The molecule has 0 aromatic heterocycles. The second kappa shape index (κ2) is 4.59. The number of carbonyl (C=O) groups excluding carboxylic acids is 1. The van der Waals surface area contributed by atoms with Gasteiger partial charge in [-0.3, -0.25) is 4.79 Å². The summed E-state index contributed by atoms with van der Waals surface area (Å²) in [5, 5.41) is 12.1. The zero-order valence-corrected chi connectivity index (χ0v) is 12.5. The number of nitrogens with one attached hydrogen (secondary N) is 1. The van der Waals surface area contributed by atoms with Crippen LogP contribution in [0.3, 0.4) is 0 Å². The largest absolute Gasteiger partial charge is 0.497 e. The van der Waals surface area contributed by atoms with Gasteiger partial charge in [-0.15, -0.1) is 0 Å². The van der Waals surface area contributed by atoms with Gasteiger partial charge in [0.25, 0.3) is 0 Å². The second-order valence-electron chi connectivity index (χ2n) is 6.02. The molecule has 1 fully saturated rings. The van der Waals surface area contributed by atoms with Crippen LogP contribution in [0.4, 0.5) is 5.69 Å². The molecular formula is C18H15NO4. The third kappa shape index (κ3) is 1.86. The fourth-order valence-electron chi connectivity index (χ4n) is 3.58. The Bertz CT molecular complexity index is 845. The van der Waals surface area contributed by atoms with E-state index in [0.717, 1.165) is 16.9 Å². The fourth-order valence-corrected chi connectivity index (χ4v) is 3.58. The lowest BCUT2D eigenvalue weighted by Gasteiger charge is -2.10. The van der Waals surface area contributed by atoms with Crippen molar-refractivity contribution < 1.29 is 19.4 Å². The number of carboxylic acid groups (broad SMARTS) is 1. The highest BCUT2D eigenvalue weighted by Gasteiger charge is 2.65. The highest BCUT2D eigenvalue weighted by molar-refractivity contribution is 6.10. The maximum atomic E-state index is 12.5. The topological polar surface area (TPSA) is 75.6 Å². The molecule has 2 aromatic carbocycles. The Morgan fingerprint density at radius 1 is 1.30 bits per heavy atom. The van der Waals surface area contributed by atoms with E-state index in [9.17, 15) is 14.7 Å². The first kappa shape index (κ1) is 13.8. The zero-order chi connectivity index (χ0) is 16.2. The molecule has 2 N–H and O–H groups in total. The number of benzene rings is 2. The van der Waals surface area contributed by atoms with Crippen molar-refractivity contribution in [2.24, 2.45) is 0 Å². The predicted molar refractivity (Wildman–Crippen MR) is 84.1 cm³/mol. The van der Waals surface area contributed by atoms with Gasteiger partial charge >= 0.3 is 5.97 Å². The van der Waals surface area contributed by atoms with Crippen LogP contribution in [0.1, 0.15) is 33.8 Å². The predicted octanol–water partition coefficient (Wildman–Crippen LogP) is 2.77. The molecule has 4 rings (SSSR count). The van der Waals surface area contributed by atoms with Crippen molar-refractivity contribution in [1.29, 1.82) is 0 Å². The summed E-state index contributed by atoms with van der Waals surface area (Å²) in [5.41, 5.74) is 2.09. The molecule has 0 radical (unpaired) electrons. The van der Waals surface area contributed by atoms with Gasteiger partial charge in [0.2, 0.25) is 5.91 Å². The normalized spacial score (nSPS) is 24.2. The van der Waals surface area contributed by atoms with E-state index in [1.807, 2.05) is 24.3 Å². The molecular weight excluding hydrogens is 294 g/mol. The Morgan fingerprint density at radius 2 is 2.13 bits per heavy atom. The van der Waals surface area contributed by atoms with Crippen LogP contribution in [-0.2, 0) is 10.2 Å². The van der Waals surface area contributed by atoms with Crippen LogP contribution in [0.5, 0.6) is 5.75 Å². The van der Waals surface area contributed by atoms with Crippen molar-refractivity contribution in [3.63, 3.8) is 0 Å². The van der Waals surface area contributed by atoms with E-state index in [4.69, 9.17) is 4.74 Å². The van der Waals surface area contributed by atoms with Gasteiger partial charge in [0.1, 0.15) is 5.75 Å². The second-order valence-corrected chi connectivity index (χ2v) is 6.02. The molecule has 1 heterocycles. The van der Waals surface area contributed by atoms with Gasteiger partial charge in [0, 0.05) is 11.6 Å². The number of anilines is 1. The smallest absolute Gasteiger partial charge is 0.335 e. The molecule has 1 aliphatic carbocycles. The van der Waals surface area contributed by atoms with Crippen LogP contribution >= 0.6 is 0 Å². The number of methoxy groups -OCH3 is 1. The van der Waals surface area contributed by atoms with Crippen LogP contribution in [0, 0.1) is 0 Å². The molecule has 1 saturated carbocycles. The minimum Gasteiger partial charge on any atom is -0.497 e. The molecule has 0 saturated heterocycles. The van der Waals surface area contributed by atoms with E-state index < -0.39 is 11.4 Å². The number of amides is 1. The van der Waals surface area contributed by atoms with Crippen LogP contribution in [-0.4, -0.2) is 24.1 Å². The molecule has 5 nitrogen and oxygen atoms in total. The number of carboxylic acids is 1. The van der Waals surface area contributed by atoms with Crippen molar-refractivity contribution in [1.82, 2.24) is 0 Å². The molecule has 2 unspecified atom stereocenters. The Kier molecular flexibility index (Phi) is 2.75. The van der Waals surface area contributed by atoms with E-state index in [1.165, 1.54) is 6.07 Å². The Balaban J connectivity index is 1.78. The summed E-state index contributed by atoms with van der Waals surface area (Å²) in [6.45, 7) is 0. The van der Waals surface area contributed by atoms with Gasteiger partial charge in [-0.05, 0) is 47.9 Å². The molecule has 1 amide bonds. The summed E-state index contributed by atoms with van der Waals surface area (Å²) in [6.07, 6.45) is 0.683. The molecule has 23 heavy (non-hydrogen) atoms. The summed E-state index contributed by atoms with van der Waals surface area (Å²) in [5.74, 6) is -0.242. The molecule has 5 heteroatoms. The summed E-state index contributed by atoms with van der Waals surface area (Å²) < 4.78 is 5.25. The third-order valence-corrected chi connectivity index (χ3v) is 4.86. The standard InChI is InChI=1S/C18H15NO4/c1-23-12-4-2-3-10(7-12)14-9-18(14)13-8-11(16(20)21)5-6-15(13)19-17(18)22/h2-8,14H,9H2,1H3,(H,19,22)(H,20,21). The lowest BCUT2D eigenvalue weighted by atomic mass is 9.91. The number of aromatic carboxylic acids is 1. The fraction of sp³-hybridized carbons (Fsp3) is 0.222. The molecule has 2 aliphatic rings. The minimum atomic E-state index is -0.985. The third-order valence-electron chi connectivity index (χ3n) is 4.86. The van der Waals surface area contributed by atoms with E-state index in [2.05, 4.69) is 5.32 Å². The van der Waals surface area contributed by atoms with Gasteiger partial charge < -0.3 is 15.2 Å². The zero-order valence-electron chi connectivity index (χ0n) is 12.5. The average molecular weight is 309 g/mol. The Morgan fingerprint density at radius 3 is 2.87 bits per heavy atom. The van der Waals surface area contributed by atoms with Crippen molar-refractivity contribution in [2.45, 2.75) is 17.8 Å². The first-order valence-electron chi connectivity index (χ1n) is 7.39. The van der Waals surface area contributed by atoms with E-state index in [1.54, 1.807) is 19.2 Å². The van der Waals surface area contributed by atoms with E-state index in [-0.39, 0.29) is 17.4 Å². The van der Waals surface area contributed by atoms with Crippen molar-refractivity contribution in [3.8, 4) is 5.75 Å². The maximum absolute atomic E-state index is 12.5. The summed E-state index contributed by atoms with van der Waals surface area (Å²) in [7, 11) is 1.61. The number of rotatable bonds is 3. The van der Waals surface area contributed by atoms with Crippen molar-refractivity contribution in [3.05, 3.63) is 59.2 Å².